The van der Waals surface area contributed by atoms with Gasteiger partial charge in [-0.05, 0) is 28.1 Å². The lowest BCUT2D eigenvalue weighted by molar-refractivity contribution is -0.668. The lowest BCUT2D eigenvalue weighted by atomic mass is 9.12. The van der Waals surface area contributed by atoms with Crippen molar-refractivity contribution in [3.8, 4) is 0 Å². The third-order valence-electron chi connectivity index (χ3n) is 10.1. The van der Waals surface area contributed by atoms with Crippen molar-refractivity contribution in [3.63, 3.8) is 0 Å². The molecule has 66 heavy (non-hydrogen) atoms. The smallest absolute Gasteiger partial charge is 0.248 e. The monoisotopic (exact) mass is 1080 g/mol. The van der Waals surface area contributed by atoms with Crippen LogP contribution in [0.3, 0.4) is 0 Å². The van der Waals surface area contributed by atoms with Crippen LogP contribution in [0.5, 0.6) is 0 Å². The van der Waals surface area contributed by atoms with Crippen molar-refractivity contribution >= 4 is 76.5 Å². The maximum Gasteiger partial charge on any atom is 0.248 e. The molecule has 7 rings (SSSR count). The number of carbonyl (C=O) groups excluding carboxylic acids is 1. The van der Waals surface area contributed by atoms with Gasteiger partial charge in [-0.25, -0.2) is 87.8 Å². The van der Waals surface area contributed by atoms with Crippen LogP contribution in [0.25, 0.3) is 10.9 Å². The predicted molar refractivity (Wildman–Crippen MR) is 200 cm³/mol. The highest BCUT2D eigenvalue weighted by molar-refractivity contribution is 9.10. The molecule has 6 aromatic carbocycles. The zero-order valence-corrected chi connectivity index (χ0v) is 34.4. The Balaban J connectivity index is 0.000000284. The standard InChI is InChI=1S/C24BF20.C17H12Br2NO/c26-5-1(6(27)14(35)21(42)13(5)34)25(2-7(28)15(36)22(43)16(37)8(2)29,3-9(30)17(38)23(44)18(39)10(3)31)4-11(32)19(40)24(45)20(41)12(4)33;18-14-7-4-8-15-13(14)9-10-17(19)20(15)11-16(21)12-5-2-1-3-6-12/h;1-10H,11H2/q-1;+1. The summed E-state index contributed by atoms with van der Waals surface area (Å²) in [5.74, 6) is -71.3. The highest BCUT2D eigenvalue weighted by Gasteiger charge is 2.52. The number of aromatic nitrogens is 1. The van der Waals surface area contributed by atoms with E-state index in [2.05, 4.69) is 31.9 Å². The quantitative estimate of drug-likeness (QED) is 0.0296. The van der Waals surface area contributed by atoms with Crippen LogP contribution in [-0.2, 0) is 6.54 Å². The highest BCUT2D eigenvalue weighted by atomic mass is 79.9. The number of Topliss-reactive ketones (excluding diaryl/α,β-unsaturated/α-hetero) is 1. The van der Waals surface area contributed by atoms with Crippen molar-refractivity contribution < 1.29 is 97.2 Å². The van der Waals surface area contributed by atoms with Crippen LogP contribution in [0.1, 0.15) is 10.4 Å². The zero-order chi connectivity index (χ0) is 49.2. The molecule has 0 aliphatic heterocycles. The van der Waals surface area contributed by atoms with Crippen molar-refractivity contribution in [1.82, 2.24) is 0 Å². The van der Waals surface area contributed by atoms with E-state index >= 15 is 35.1 Å². The number of rotatable bonds is 7. The molecule has 0 aliphatic carbocycles. The van der Waals surface area contributed by atoms with Gasteiger partial charge in [0.2, 0.25) is 22.4 Å². The first-order valence-corrected chi connectivity index (χ1v) is 19.0. The summed E-state index contributed by atoms with van der Waals surface area (Å²) in [7, 11) is 0. The van der Waals surface area contributed by atoms with E-state index < -0.39 is 144 Å². The molecule has 1 heterocycles. The molecule has 25 heteroatoms. The molecule has 0 amide bonds. The van der Waals surface area contributed by atoms with Crippen molar-refractivity contribution in [2.45, 2.75) is 6.54 Å². The first kappa shape index (κ1) is 49.5. The minimum absolute atomic E-state index is 0.0915. The molecule has 1 aromatic heterocycles. The Bertz CT molecular complexity index is 2790. The van der Waals surface area contributed by atoms with Crippen LogP contribution >= 0.6 is 31.9 Å². The second-order valence-corrected chi connectivity index (χ2v) is 15.2. The van der Waals surface area contributed by atoms with Gasteiger partial charge in [-0.3, -0.25) is 4.79 Å². The third kappa shape index (κ3) is 7.65. The van der Waals surface area contributed by atoms with Crippen LogP contribution in [0.15, 0.2) is 69.7 Å². The molecule has 0 radical (unpaired) electrons. The molecule has 0 saturated carbocycles. The number of benzene rings is 6. The molecule has 0 N–H and O–H groups in total. The Morgan fingerprint density at radius 1 is 0.379 bits per heavy atom. The summed E-state index contributed by atoms with van der Waals surface area (Å²) in [6.07, 6.45) is -7.22. The van der Waals surface area contributed by atoms with Crippen LogP contribution < -0.4 is 26.4 Å². The van der Waals surface area contributed by atoms with Gasteiger partial charge in [0.1, 0.15) is 52.7 Å². The van der Waals surface area contributed by atoms with Crippen molar-refractivity contribution in [1.29, 1.82) is 0 Å². The Labute approximate surface area is 370 Å². The molecule has 0 bridgehead atoms. The maximum atomic E-state index is 15.4. The fourth-order valence-electron chi connectivity index (χ4n) is 7.18. The minimum atomic E-state index is -7.22. The van der Waals surface area contributed by atoms with E-state index in [1.807, 2.05) is 65.2 Å². The maximum absolute atomic E-state index is 15.4. The Morgan fingerprint density at radius 3 is 1.00 bits per heavy atom. The molecule has 0 saturated heterocycles. The van der Waals surface area contributed by atoms with E-state index in [1.165, 1.54) is 0 Å². The number of pyridine rings is 1. The van der Waals surface area contributed by atoms with Gasteiger partial charge >= 0.3 is 0 Å². The average molecular weight is 1090 g/mol. The summed E-state index contributed by atoms with van der Waals surface area (Å²) >= 11 is 7.09. The normalized spacial score (nSPS) is 11.6. The molecule has 2 nitrogen and oxygen atoms in total. The molecule has 0 atom stereocenters. The van der Waals surface area contributed by atoms with E-state index in [1.54, 1.807) is 0 Å². The second kappa shape index (κ2) is 18.4. The summed E-state index contributed by atoms with van der Waals surface area (Å²) < 4.78 is 298. The lowest BCUT2D eigenvalue weighted by Gasteiger charge is -2.44. The molecule has 0 fully saturated rings. The highest BCUT2D eigenvalue weighted by Crippen LogP contribution is 2.31. The van der Waals surface area contributed by atoms with E-state index in [9.17, 15) is 57.5 Å². The SMILES string of the molecule is Fc1c(F)c(F)c([B-](c2c(F)c(F)c(F)c(F)c2F)(c2c(F)c(F)c(F)c(F)c2F)c2c(F)c(F)c(F)c(F)c2F)c(F)c1F.O=C(C[n+]1c(Br)ccc2c(Br)cccc21)c1ccccc1. The van der Waals surface area contributed by atoms with Gasteiger partial charge in [0.05, 0.1) is 5.39 Å². The fraction of sp³-hybridized carbons (Fsp3) is 0.0244. The minimum Gasteiger partial charge on any atom is -0.287 e. The summed E-state index contributed by atoms with van der Waals surface area (Å²) in [5.41, 5.74) is -12.6. The topological polar surface area (TPSA) is 20.9 Å². The number of fused-ring (bicyclic) bond motifs is 1. The van der Waals surface area contributed by atoms with E-state index in [0.717, 1.165) is 25.5 Å². The first-order valence-electron chi connectivity index (χ1n) is 17.4. The number of carbonyl (C=O) groups is 1. The molecule has 344 valence electrons. The van der Waals surface area contributed by atoms with Gasteiger partial charge < -0.3 is 0 Å². The number of ketones is 1. The van der Waals surface area contributed by atoms with Gasteiger partial charge in [-0.1, -0.05) is 36.4 Å². The van der Waals surface area contributed by atoms with Gasteiger partial charge in [0, 0.05) is 38.1 Å². The van der Waals surface area contributed by atoms with E-state index in [0.29, 0.717) is 6.54 Å². The van der Waals surface area contributed by atoms with Crippen LogP contribution in [0, 0.1) is 116 Å². The van der Waals surface area contributed by atoms with Gasteiger partial charge in [0.25, 0.3) is 0 Å². The van der Waals surface area contributed by atoms with Gasteiger partial charge in [0.15, 0.2) is 69.8 Å². The molecule has 7 aromatic rings. The van der Waals surface area contributed by atoms with Crippen molar-refractivity contribution in [2.24, 2.45) is 0 Å². The summed E-state index contributed by atoms with van der Waals surface area (Å²) in [5, 5.41) is 1.08. The first-order chi connectivity index (χ1) is 30.9. The second-order valence-electron chi connectivity index (χ2n) is 13.5. The van der Waals surface area contributed by atoms with E-state index in [4.69, 9.17) is 0 Å². The predicted octanol–water partition coefficient (Wildman–Crippen LogP) is 10.4. The number of nitrogens with zero attached hydrogens (tertiary/aromatic N) is 1. The lowest BCUT2D eigenvalue weighted by Crippen LogP contribution is -2.81. The largest absolute Gasteiger partial charge is 0.287 e. The summed E-state index contributed by atoms with van der Waals surface area (Å²) in [6.45, 7) is 0.304. The number of hydrogen-bond acceptors (Lipinski definition) is 1. The Hall–Kier alpha value is -5.98. The Morgan fingerprint density at radius 2 is 0.682 bits per heavy atom. The van der Waals surface area contributed by atoms with Crippen molar-refractivity contribution in [2.75, 3.05) is 0 Å². The molecule has 0 spiro atoms. The Kier molecular flexibility index (Phi) is 13.8. The van der Waals surface area contributed by atoms with Gasteiger partial charge in [-0.2, -0.15) is 4.57 Å². The summed E-state index contributed by atoms with van der Waals surface area (Å²) in [4.78, 5) is 12.4. The van der Waals surface area contributed by atoms with Crippen molar-refractivity contribution in [3.05, 3.63) is 192 Å². The number of halogens is 22. The zero-order valence-electron chi connectivity index (χ0n) is 31.2. The van der Waals surface area contributed by atoms with Crippen LogP contribution in [-0.4, -0.2) is 11.9 Å². The van der Waals surface area contributed by atoms with Gasteiger partial charge in [-0.15, -0.1) is 21.9 Å². The molecule has 0 aliphatic rings. The fourth-order valence-corrected chi connectivity index (χ4v) is 8.11. The molecular weight excluding hydrogens is 1070 g/mol. The molecular formula is C41H12BBr2F20NO. The third-order valence-corrected chi connectivity index (χ3v) is 11.5. The molecule has 0 unspecified atom stereocenters. The number of hydrogen-bond donors (Lipinski definition) is 0. The van der Waals surface area contributed by atoms with E-state index in [-0.39, 0.29) is 5.78 Å². The van der Waals surface area contributed by atoms with Crippen LogP contribution in [0.4, 0.5) is 87.8 Å². The van der Waals surface area contributed by atoms with Crippen LogP contribution in [0.2, 0.25) is 0 Å². The average Bonchev–Trinajstić information content (AvgIpc) is 3.30. The summed E-state index contributed by atoms with van der Waals surface area (Å²) in [6, 6.07) is 19.4.